The van der Waals surface area contributed by atoms with Gasteiger partial charge in [-0.05, 0) is 41.5 Å². The van der Waals surface area contributed by atoms with Crippen LogP contribution >= 0.6 is 0 Å². The molecule has 0 atom stereocenters. The van der Waals surface area contributed by atoms with E-state index in [1.807, 2.05) is 12.3 Å². The number of aryl methyl sites for hydroxylation is 1. The third-order valence-electron chi connectivity index (χ3n) is 6.80. The highest BCUT2D eigenvalue weighted by atomic mass is 16.5. The summed E-state index contributed by atoms with van der Waals surface area (Å²) in [4.78, 5) is 23.3. The van der Waals surface area contributed by atoms with Crippen LogP contribution in [0.25, 0.3) is 33.8 Å². The molecule has 2 N–H and O–H groups in total. The van der Waals surface area contributed by atoms with Crippen molar-refractivity contribution in [3.05, 3.63) is 76.7 Å². The van der Waals surface area contributed by atoms with Crippen molar-refractivity contribution in [1.82, 2.24) is 20.2 Å². The van der Waals surface area contributed by atoms with Gasteiger partial charge in [-0.15, -0.1) is 0 Å². The molecule has 172 valence electrons. The van der Waals surface area contributed by atoms with E-state index in [-0.39, 0.29) is 5.91 Å². The van der Waals surface area contributed by atoms with Gasteiger partial charge in [-0.25, -0.2) is 0 Å². The van der Waals surface area contributed by atoms with E-state index in [0.29, 0.717) is 6.54 Å². The number of aromatic amines is 1. The summed E-state index contributed by atoms with van der Waals surface area (Å²) in [7, 11) is 0. The molecule has 34 heavy (non-hydrogen) atoms. The van der Waals surface area contributed by atoms with Crippen molar-refractivity contribution in [2.45, 2.75) is 19.4 Å². The molecule has 1 amide bonds. The third-order valence-corrected chi connectivity index (χ3v) is 6.80. The van der Waals surface area contributed by atoms with Crippen LogP contribution in [-0.4, -0.2) is 53.6 Å². The number of nitrogens with zero attached hydrogens (tertiary/aromatic N) is 2. The molecule has 2 aliphatic heterocycles. The van der Waals surface area contributed by atoms with Crippen molar-refractivity contribution in [3.63, 3.8) is 0 Å². The topological polar surface area (TPSA) is 70.2 Å². The normalized spacial score (nSPS) is 17.2. The van der Waals surface area contributed by atoms with Crippen LogP contribution in [0.1, 0.15) is 39.3 Å². The number of morpholine rings is 1. The van der Waals surface area contributed by atoms with E-state index in [1.165, 1.54) is 5.56 Å². The summed E-state index contributed by atoms with van der Waals surface area (Å²) in [5, 5.41) is 6.10. The van der Waals surface area contributed by atoms with Gasteiger partial charge in [0.25, 0.3) is 5.91 Å². The maximum Gasteiger partial charge on any atom is 0.253 e. The minimum Gasteiger partial charge on any atom is -0.379 e. The number of ether oxygens (including phenoxy) is 1. The van der Waals surface area contributed by atoms with Crippen LogP contribution in [0.4, 0.5) is 0 Å². The molecular formula is C28H28N4O2. The fourth-order valence-corrected chi connectivity index (χ4v) is 4.94. The van der Waals surface area contributed by atoms with E-state index in [4.69, 9.17) is 9.72 Å². The smallest absolute Gasteiger partial charge is 0.253 e. The molecule has 2 aromatic heterocycles. The van der Waals surface area contributed by atoms with Gasteiger partial charge < -0.3 is 15.0 Å². The molecule has 6 nitrogen and oxygen atoms in total. The predicted molar refractivity (Wildman–Crippen MR) is 136 cm³/mol. The molecule has 1 fully saturated rings. The molecule has 4 heterocycles. The van der Waals surface area contributed by atoms with Crippen LogP contribution in [0.2, 0.25) is 0 Å². The number of carbonyl (C=O) groups is 1. The standard InChI is InChI=1S/C28H28N4O2/c33-28-26-23-10-8-21-17-30-22(16-24(21)27(23)31-25(26)2-1-11-29-28)9-7-19-3-5-20(6-4-19)18-32-12-14-34-15-13-32/h3-10,16-17,30H,1-2,11-15,18H2,(H,29,33). The number of carbonyl (C=O) groups excluding carboxylic acids is 1. The summed E-state index contributed by atoms with van der Waals surface area (Å²) < 4.78 is 5.44. The Morgan fingerprint density at radius 1 is 1.03 bits per heavy atom. The second kappa shape index (κ2) is 9.05. The molecule has 0 spiro atoms. The Bertz CT molecular complexity index is 1380. The summed E-state index contributed by atoms with van der Waals surface area (Å²) in [5.41, 5.74) is 6.06. The first-order valence-corrected chi connectivity index (χ1v) is 12.0. The Balaban J connectivity index is 1.26. The van der Waals surface area contributed by atoms with Crippen molar-refractivity contribution in [2.75, 3.05) is 32.8 Å². The maximum absolute atomic E-state index is 12.6. The molecule has 0 bridgehead atoms. The monoisotopic (exact) mass is 452 g/mol. The number of benzene rings is 2. The van der Waals surface area contributed by atoms with Gasteiger partial charge >= 0.3 is 0 Å². The van der Waals surface area contributed by atoms with E-state index in [2.05, 4.69) is 63.8 Å². The number of rotatable bonds is 4. The van der Waals surface area contributed by atoms with Crippen molar-refractivity contribution in [1.29, 1.82) is 0 Å². The molecule has 6 rings (SSSR count). The average molecular weight is 453 g/mol. The number of aromatic nitrogens is 2. The number of fused-ring (bicyclic) bond motifs is 5. The summed E-state index contributed by atoms with van der Waals surface area (Å²) in [6.07, 6.45) is 7.98. The van der Waals surface area contributed by atoms with Gasteiger partial charge in [0.1, 0.15) is 0 Å². The van der Waals surface area contributed by atoms with E-state index >= 15 is 0 Å². The van der Waals surface area contributed by atoms with Crippen molar-refractivity contribution < 1.29 is 9.53 Å². The molecule has 0 aliphatic carbocycles. The summed E-state index contributed by atoms with van der Waals surface area (Å²) in [5.74, 6) is -0.00553. The minimum absolute atomic E-state index is 0.00553. The number of amides is 1. The van der Waals surface area contributed by atoms with E-state index in [9.17, 15) is 4.79 Å². The van der Waals surface area contributed by atoms with Crippen molar-refractivity contribution in [2.24, 2.45) is 0 Å². The van der Waals surface area contributed by atoms with E-state index in [1.54, 1.807) is 0 Å². The molecule has 0 saturated carbocycles. The fraction of sp³-hybridized carbons (Fsp3) is 0.286. The Hall–Kier alpha value is -3.48. The SMILES string of the molecule is O=C1NCCCc2nc3c(ccc4c[nH]c(C=Cc5ccc(CN6CCOCC6)cc5)cc43)c21. The van der Waals surface area contributed by atoms with Crippen LogP contribution < -0.4 is 5.32 Å². The predicted octanol–water partition coefficient (Wildman–Crippen LogP) is 4.39. The lowest BCUT2D eigenvalue weighted by Gasteiger charge is -2.26. The number of hydrogen-bond donors (Lipinski definition) is 2. The van der Waals surface area contributed by atoms with Crippen LogP contribution in [0, 0.1) is 0 Å². The lowest BCUT2D eigenvalue weighted by atomic mass is 10.0. The number of nitrogens with one attached hydrogen (secondary N) is 2. The van der Waals surface area contributed by atoms with Gasteiger partial charge in [-0.1, -0.05) is 42.5 Å². The zero-order valence-electron chi connectivity index (χ0n) is 19.1. The average Bonchev–Trinajstić information content (AvgIpc) is 3.16. The highest BCUT2D eigenvalue weighted by molar-refractivity contribution is 6.15. The Kier molecular flexibility index (Phi) is 5.61. The second-order valence-corrected chi connectivity index (χ2v) is 9.11. The van der Waals surface area contributed by atoms with Gasteiger partial charge in [-0.2, -0.15) is 0 Å². The molecule has 4 aromatic rings. The van der Waals surface area contributed by atoms with E-state index in [0.717, 1.165) is 89.9 Å². The molecule has 6 heteroatoms. The zero-order chi connectivity index (χ0) is 22.9. The minimum atomic E-state index is -0.00553. The molecule has 2 aromatic carbocycles. The van der Waals surface area contributed by atoms with Crippen molar-refractivity contribution >= 4 is 39.7 Å². The quantitative estimate of drug-likeness (QED) is 0.482. The van der Waals surface area contributed by atoms with Crippen LogP contribution in [-0.2, 0) is 17.7 Å². The number of hydrogen-bond acceptors (Lipinski definition) is 4. The first kappa shape index (κ1) is 21.1. The summed E-state index contributed by atoms with van der Waals surface area (Å²) in [6.45, 7) is 5.33. The number of H-pyrrole nitrogens is 1. The molecule has 0 unspecified atom stereocenters. The van der Waals surface area contributed by atoms with Gasteiger partial charge in [0, 0.05) is 48.8 Å². The largest absolute Gasteiger partial charge is 0.379 e. The van der Waals surface area contributed by atoms with Gasteiger partial charge in [-0.3, -0.25) is 14.7 Å². The van der Waals surface area contributed by atoms with Crippen molar-refractivity contribution in [3.8, 4) is 0 Å². The molecule has 0 radical (unpaired) electrons. The number of pyridine rings is 1. The van der Waals surface area contributed by atoms with Crippen LogP contribution in [0.3, 0.4) is 0 Å². The first-order chi connectivity index (χ1) is 16.7. The highest BCUT2D eigenvalue weighted by Crippen LogP contribution is 2.31. The molecular weight excluding hydrogens is 424 g/mol. The zero-order valence-corrected chi connectivity index (χ0v) is 19.1. The lowest BCUT2D eigenvalue weighted by molar-refractivity contribution is 0.0342. The second-order valence-electron chi connectivity index (χ2n) is 9.11. The first-order valence-electron chi connectivity index (χ1n) is 12.0. The Morgan fingerprint density at radius 3 is 2.74 bits per heavy atom. The molecule has 1 saturated heterocycles. The summed E-state index contributed by atoms with van der Waals surface area (Å²) in [6, 6.07) is 15.0. The Morgan fingerprint density at radius 2 is 1.88 bits per heavy atom. The lowest BCUT2D eigenvalue weighted by Crippen LogP contribution is -2.35. The van der Waals surface area contributed by atoms with Gasteiger partial charge in [0.15, 0.2) is 0 Å². The van der Waals surface area contributed by atoms with Gasteiger partial charge in [0.2, 0.25) is 0 Å². The van der Waals surface area contributed by atoms with Gasteiger partial charge in [0.05, 0.1) is 30.0 Å². The molecule has 2 aliphatic rings. The highest BCUT2D eigenvalue weighted by Gasteiger charge is 2.22. The summed E-state index contributed by atoms with van der Waals surface area (Å²) >= 11 is 0. The Labute approximate surface area is 198 Å². The van der Waals surface area contributed by atoms with Crippen LogP contribution in [0.5, 0.6) is 0 Å². The van der Waals surface area contributed by atoms with Crippen LogP contribution in [0.15, 0.2) is 48.7 Å². The maximum atomic E-state index is 12.6. The fourth-order valence-electron chi connectivity index (χ4n) is 4.94. The third kappa shape index (κ3) is 4.11. The van der Waals surface area contributed by atoms with E-state index < -0.39 is 0 Å².